The smallest absolute Gasteiger partial charge is 0.0733 e. The number of nitrogens with one attached hydrogen (secondary N) is 1. The number of rotatable bonds is 3. The third kappa shape index (κ3) is 2.59. The number of aromatic amines is 1. The van der Waals surface area contributed by atoms with Gasteiger partial charge in [0.15, 0.2) is 0 Å². The molecule has 4 heteroatoms. The van der Waals surface area contributed by atoms with Crippen LogP contribution >= 0.6 is 0 Å². The minimum Gasteiger partial charge on any atom is -0.299 e. The van der Waals surface area contributed by atoms with Crippen LogP contribution in [0.25, 0.3) is 11.3 Å². The molecular weight excluding hydrogens is 224 g/mol. The van der Waals surface area contributed by atoms with Crippen LogP contribution in [0.4, 0.5) is 0 Å². The maximum atomic E-state index is 4.50. The summed E-state index contributed by atoms with van der Waals surface area (Å²) in [5.41, 5.74) is 3.31. The van der Waals surface area contributed by atoms with E-state index in [9.17, 15) is 0 Å². The number of piperidine rings is 1. The summed E-state index contributed by atoms with van der Waals surface area (Å²) in [6, 6.07) is 4.24. The van der Waals surface area contributed by atoms with Crippen LogP contribution in [0, 0.1) is 0 Å². The Bertz CT molecular complexity index is 469. The molecule has 0 atom stereocenters. The molecule has 0 bridgehead atoms. The van der Waals surface area contributed by atoms with Crippen molar-refractivity contribution in [2.75, 3.05) is 13.1 Å². The molecule has 0 radical (unpaired) electrons. The molecule has 3 rings (SSSR count). The van der Waals surface area contributed by atoms with Gasteiger partial charge in [0.2, 0.25) is 0 Å². The minimum atomic E-state index is 0.978. The fourth-order valence-corrected chi connectivity index (χ4v) is 2.46. The number of nitrogens with zero attached hydrogens (tertiary/aromatic N) is 3. The maximum Gasteiger partial charge on any atom is 0.0733 e. The Balaban J connectivity index is 1.67. The quantitative estimate of drug-likeness (QED) is 0.899. The Hall–Kier alpha value is -1.68. The van der Waals surface area contributed by atoms with Crippen molar-refractivity contribution in [2.24, 2.45) is 0 Å². The van der Waals surface area contributed by atoms with Crippen molar-refractivity contribution in [2.45, 2.75) is 25.8 Å². The van der Waals surface area contributed by atoms with Gasteiger partial charge in [-0.3, -0.25) is 15.0 Å². The summed E-state index contributed by atoms with van der Waals surface area (Å²) in [4.78, 5) is 7.01. The van der Waals surface area contributed by atoms with Crippen LogP contribution in [0.1, 0.15) is 24.8 Å². The Morgan fingerprint density at radius 3 is 2.67 bits per heavy atom. The molecule has 0 saturated carbocycles. The number of hydrogen-bond donors (Lipinski definition) is 1. The molecule has 18 heavy (non-hydrogen) atoms. The Morgan fingerprint density at radius 2 is 2.00 bits per heavy atom. The van der Waals surface area contributed by atoms with Gasteiger partial charge >= 0.3 is 0 Å². The number of hydrogen-bond acceptors (Lipinski definition) is 3. The van der Waals surface area contributed by atoms with Crippen molar-refractivity contribution in [1.29, 1.82) is 0 Å². The van der Waals surface area contributed by atoms with Gasteiger partial charge in [-0.05, 0) is 37.6 Å². The molecule has 4 nitrogen and oxygen atoms in total. The molecular formula is C14H18N4. The highest BCUT2D eigenvalue weighted by Crippen LogP contribution is 2.17. The van der Waals surface area contributed by atoms with Gasteiger partial charge in [0, 0.05) is 24.5 Å². The van der Waals surface area contributed by atoms with Crippen molar-refractivity contribution < 1.29 is 0 Å². The van der Waals surface area contributed by atoms with E-state index in [4.69, 9.17) is 0 Å². The van der Waals surface area contributed by atoms with Crippen LogP contribution in [0.5, 0.6) is 0 Å². The van der Waals surface area contributed by atoms with E-state index < -0.39 is 0 Å². The molecule has 0 spiro atoms. The summed E-state index contributed by atoms with van der Waals surface area (Å²) < 4.78 is 0. The van der Waals surface area contributed by atoms with Crippen LogP contribution in [0.3, 0.4) is 0 Å². The van der Waals surface area contributed by atoms with E-state index >= 15 is 0 Å². The second-order valence-corrected chi connectivity index (χ2v) is 4.88. The predicted octanol–water partition coefficient (Wildman–Crippen LogP) is 2.46. The molecule has 94 valence electrons. The first kappa shape index (κ1) is 11.4. The third-order valence-electron chi connectivity index (χ3n) is 3.47. The molecule has 1 fully saturated rings. The molecule has 1 N–H and O–H groups in total. The van der Waals surface area contributed by atoms with Gasteiger partial charge in [-0.2, -0.15) is 5.10 Å². The van der Waals surface area contributed by atoms with Crippen molar-refractivity contribution in [3.63, 3.8) is 0 Å². The van der Waals surface area contributed by atoms with Crippen LogP contribution in [0.15, 0.2) is 30.7 Å². The summed E-state index contributed by atoms with van der Waals surface area (Å²) in [5, 5.41) is 6.75. The Labute approximate surface area is 107 Å². The van der Waals surface area contributed by atoms with E-state index in [1.807, 2.05) is 12.4 Å². The summed E-state index contributed by atoms with van der Waals surface area (Å²) in [6.07, 6.45) is 9.70. The van der Waals surface area contributed by atoms with E-state index in [-0.39, 0.29) is 0 Å². The Morgan fingerprint density at radius 1 is 1.11 bits per heavy atom. The number of pyridine rings is 1. The van der Waals surface area contributed by atoms with Crippen LogP contribution in [0.2, 0.25) is 0 Å². The molecule has 0 aliphatic carbocycles. The van der Waals surface area contributed by atoms with Crippen molar-refractivity contribution in [3.8, 4) is 11.3 Å². The van der Waals surface area contributed by atoms with Gasteiger partial charge in [-0.15, -0.1) is 0 Å². The summed E-state index contributed by atoms with van der Waals surface area (Å²) in [5.74, 6) is 0. The van der Waals surface area contributed by atoms with E-state index in [2.05, 4.69) is 32.2 Å². The van der Waals surface area contributed by atoms with E-state index in [1.54, 1.807) is 6.20 Å². The average Bonchev–Trinajstić information content (AvgIpc) is 2.95. The van der Waals surface area contributed by atoms with E-state index in [1.165, 1.54) is 37.9 Å². The van der Waals surface area contributed by atoms with Crippen molar-refractivity contribution >= 4 is 0 Å². The van der Waals surface area contributed by atoms with Crippen LogP contribution < -0.4 is 0 Å². The topological polar surface area (TPSA) is 44.8 Å². The van der Waals surface area contributed by atoms with E-state index in [0.29, 0.717) is 0 Å². The molecule has 0 aromatic carbocycles. The number of aromatic nitrogens is 3. The lowest BCUT2D eigenvalue weighted by Crippen LogP contribution is -2.29. The highest BCUT2D eigenvalue weighted by molar-refractivity contribution is 5.56. The summed E-state index contributed by atoms with van der Waals surface area (Å²) in [6.45, 7) is 3.48. The fraction of sp³-hybridized carbons (Fsp3) is 0.429. The average molecular weight is 242 g/mol. The monoisotopic (exact) mass is 242 g/mol. The molecule has 3 heterocycles. The summed E-state index contributed by atoms with van der Waals surface area (Å²) in [7, 11) is 0. The Kier molecular flexibility index (Phi) is 3.37. The summed E-state index contributed by atoms with van der Waals surface area (Å²) >= 11 is 0. The van der Waals surface area contributed by atoms with Gasteiger partial charge in [0.1, 0.15) is 0 Å². The maximum absolute atomic E-state index is 4.50. The first-order chi connectivity index (χ1) is 8.92. The van der Waals surface area contributed by atoms with Gasteiger partial charge < -0.3 is 0 Å². The molecule has 0 amide bonds. The lowest BCUT2D eigenvalue weighted by Gasteiger charge is -2.26. The van der Waals surface area contributed by atoms with Crippen LogP contribution in [-0.2, 0) is 6.54 Å². The van der Waals surface area contributed by atoms with Gasteiger partial charge in [-0.1, -0.05) is 12.5 Å². The van der Waals surface area contributed by atoms with Gasteiger partial charge in [-0.25, -0.2) is 0 Å². The highest BCUT2D eigenvalue weighted by atomic mass is 15.1. The molecule has 2 aromatic rings. The van der Waals surface area contributed by atoms with Crippen LogP contribution in [-0.4, -0.2) is 33.2 Å². The number of H-pyrrole nitrogens is 1. The zero-order valence-corrected chi connectivity index (χ0v) is 10.5. The zero-order valence-electron chi connectivity index (χ0n) is 10.5. The second-order valence-electron chi connectivity index (χ2n) is 4.88. The lowest BCUT2D eigenvalue weighted by atomic mass is 10.1. The van der Waals surface area contributed by atoms with E-state index in [0.717, 1.165) is 17.8 Å². The molecule has 1 saturated heterocycles. The lowest BCUT2D eigenvalue weighted by molar-refractivity contribution is 0.220. The first-order valence-corrected chi connectivity index (χ1v) is 6.58. The van der Waals surface area contributed by atoms with Gasteiger partial charge in [0.25, 0.3) is 0 Å². The zero-order chi connectivity index (χ0) is 12.2. The minimum absolute atomic E-state index is 0.978. The van der Waals surface area contributed by atoms with Crippen molar-refractivity contribution in [3.05, 3.63) is 36.3 Å². The fourth-order valence-electron chi connectivity index (χ4n) is 2.46. The van der Waals surface area contributed by atoms with Gasteiger partial charge in [0.05, 0.1) is 11.9 Å². The normalized spacial score (nSPS) is 16.9. The largest absolute Gasteiger partial charge is 0.299 e. The highest BCUT2D eigenvalue weighted by Gasteiger charge is 2.10. The standard InChI is InChI=1S/C14H18N4/c1-2-6-18(7-3-1)11-12-4-5-14(15-8-12)13-9-16-17-10-13/h4-5,8-10H,1-3,6-7,11H2,(H,16,17). The molecule has 1 aliphatic rings. The number of likely N-dealkylation sites (tertiary alicyclic amines) is 1. The molecule has 1 aliphatic heterocycles. The third-order valence-corrected chi connectivity index (χ3v) is 3.47. The first-order valence-electron chi connectivity index (χ1n) is 6.58. The SMILES string of the molecule is c1cc(-c2cn[nH]c2)ncc1CN1CCCCC1. The predicted molar refractivity (Wildman–Crippen MR) is 70.9 cm³/mol. The van der Waals surface area contributed by atoms with Crippen molar-refractivity contribution in [1.82, 2.24) is 20.1 Å². The molecule has 0 unspecified atom stereocenters. The molecule has 2 aromatic heterocycles. The second kappa shape index (κ2) is 5.31.